The molecule has 0 saturated carbocycles. The normalized spacial score (nSPS) is 12.5. The third-order valence-corrected chi connectivity index (χ3v) is 30.7. The average molecular weight is 1850 g/mol. The largest absolute Gasteiger partial charge is 0.309 e. The second-order valence-corrected chi connectivity index (χ2v) is 38.5. The number of nitrogens with zero attached hydrogens (tertiary/aromatic N) is 9. The Hall–Kier alpha value is -19.2. The molecule has 0 amide bonds. The highest BCUT2D eigenvalue weighted by molar-refractivity contribution is 6.20. The molecule has 0 radical (unpaired) electrons. The van der Waals surface area contributed by atoms with Crippen molar-refractivity contribution in [3.63, 3.8) is 0 Å². The van der Waals surface area contributed by atoms with Crippen LogP contribution in [0.3, 0.4) is 0 Å². The molecule has 0 fully saturated rings. The van der Waals surface area contributed by atoms with Crippen LogP contribution in [0.2, 0.25) is 0 Å². The third kappa shape index (κ3) is 12.7. The van der Waals surface area contributed by atoms with Crippen LogP contribution in [-0.4, -0.2) is 41.1 Å². The first kappa shape index (κ1) is 81.7. The lowest BCUT2D eigenvalue weighted by atomic mass is 9.99. The first-order valence-corrected chi connectivity index (χ1v) is 50.2. The number of para-hydroxylation sites is 13. The molecule has 0 aliphatic heterocycles. The van der Waals surface area contributed by atoms with Gasteiger partial charge in [0, 0.05) is 148 Å². The van der Waals surface area contributed by atoms with Crippen molar-refractivity contribution in [2.75, 3.05) is 0 Å². The maximum atomic E-state index is 2.44. The van der Waals surface area contributed by atoms with Gasteiger partial charge >= 0.3 is 0 Å². The van der Waals surface area contributed by atoms with Crippen molar-refractivity contribution in [3.8, 4) is 51.2 Å². The minimum absolute atomic E-state index is 1.09. The fourth-order valence-corrected chi connectivity index (χ4v) is 24.4. The zero-order chi connectivity index (χ0) is 95.0. The van der Waals surface area contributed by atoms with E-state index >= 15 is 0 Å². The Morgan fingerprint density at radius 3 is 0.655 bits per heavy atom. The number of aromatic nitrogens is 9. The van der Waals surface area contributed by atoms with Crippen LogP contribution in [0.1, 0.15) is 18.4 Å². The van der Waals surface area contributed by atoms with Gasteiger partial charge in [0.25, 0.3) is 0 Å². The summed E-state index contributed by atoms with van der Waals surface area (Å²) in [4.78, 5) is 0. The molecular formula is C136H89N9. The van der Waals surface area contributed by atoms with Crippen LogP contribution < -0.4 is 0 Å². The molecule has 0 unspecified atom stereocenters. The molecule has 9 nitrogen and oxygen atoms in total. The standard InChI is InChI=1S/C48H33N3.C46H29N3.C42H27N3/c1-2-13-32(14-3-1)33-15-12-16-34(29-33)51-45-23-10-6-19-39(45)41-27-25-36(31-48(41)51)50-46-24-11-7-20-40(46)42-30-35(26-28-47(42)50)49-43-21-8-4-17-37(43)38-18-5-9-22-44(38)49;1-2-12-31-27-32(22-21-30(31)11-1)47-43-19-9-5-15-37(43)39-29-34(24-25-45(39)47)49-44-20-10-6-16-38(44)40-28-33(23-26-46(40)49)48-41-17-7-3-13-35(41)36-14-4-8-18-42(36)48;1-2-12-28(13-3-1)43-37-18-8-6-16-33(37)35-24-22-30(27-42(35)43)45-40-21-11-7-17-34(40)36-26-29(23-25-41(36)45)44-38-19-9-4-14-31(38)32-15-5-10-20-39(32)44/h2,4-31H,1,3H2;1-29H;1-27H. The Morgan fingerprint density at radius 1 is 0.124 bits per heavy atom. The van der Waals surface area contributed by atoms with Gasteiger partial charge in [-0.3, -0.25) is 0 Å². The van der Waals surface area contributed by atoms with E-state index in [0.717, 1.165) is 29.9 Å². The highest BCUT2D eigenvalue weighted by atomic mass is 15.1. The van der Waals surface area contributed by atoms with E-state index in [-0.39, 0.29) is 0 Å². The maximum absolute atomic E-state index is 2.44. The van der Waals surface area contributed by atoms with E-state index in [4.69, 9.17) is 0 Å². The fraction of sp³-hybridized carbons (Fsp3) is 0.0147. The minimum atomic E-state index is 1.09. The Bertz CT molecular complexity index is 10700. The summed E-state index contributed by atoms with van der Waals surface area (Å²) in [6.07, 6.45) is 9.11. The predicted octanol–water partition coefficient (Wildman–Crippen LogP) is 35.8. The summed E-state index contributed by atoms with van der Waals surface area (Å²) in [5.41, 5.74) is 34.8. The number of fused-ring (bicyclic) bond motifs is 28. The van der Waals surface area contributed by atoms with E-state index < -0.39 is 0 Å². The molecule has 9 heteroatoms. The summed E-state index contributed by atoms with van der Waals surface area (Å²) < 4.78 is 21.8. The van der Waals surface area contributed by atoms with Crippen molar-refractivity contribution in [2.24, 2.45) is 0 Å². The number of benzene rings is 22. The van der Waals surface area contributed by atoms with Gasteiger partial charge in [-0.15, -0.1) is 0 Å². The lowest BCUT2D eigenvalue weighted by molar-refractivity contribution is 1.04. The summed E-state index contributed by atoms with van der Waals surface area (Å²) in [6, 6.07) is 182. The molecule has 22 aromatic carbocycles. The predicted molar refractivity (Wildman–Crippen MR) is 612 cm³/mol. The number of hydrogen-bond donors (Lipinski definition) is 0. The molecular weight excluding hydrogens is 1760 g/mol. The van der Waals surface area contributed by atoms with Crippen molar-refractivity contribution in [1.82, 2.24) is 41.1 Å². The van der Waals surface area contributed by atoms with Gasteiger partial charge in [0.15, 0.2) is 0 Å². The second kappa shape index (κ2) is 32.7. The van der Waals surface area contributed by atoms with E-state index in [9.17, 15) is 0 Å². The van der Waals surface area contributed by atoms with Gasteiger partial charge in [-0.1, -0.05) is 309 Å². The lowest BCUT2D eigenvalue weighted by Gasteiger charge is -2.13. The summed E-state index contributed by atoms with van der Waals surface area (Å²) in [7, 11) is 0. The van der Waals surface area contributed by atoms with Crippen molar-refractivity contribution in [1.29, 1.82) is 0 Å². The van der Waals surface area contributed by atoms with Gasteiger partial charge in [-0.05, 0) is 241 Å². The van der Waals surface area contributed by atoms with Gasteiger partial charge in [-0.2, -0.15) is 0 Å². The van der Waals surface area contributed by atoms with Crippen molar-refractivity contribution >= 4 is 213 Å². The second-order valence-electron chi connectivity index (χ2n) is 38.5. The van der Waals surface area contributed by atoms with Crippen molar-refractivity contribution in [3.05, 3.63) is 521 Å². The minimum Gasteiger partial charge on any atom is -0.309 e. The molecule has 0 saturated heterocycles. The summed E-state index contributed by atoms with van der Waals surface area (Å²) in [6.45, 7) is 0. The van der Waals surface area contributed by atoms with Crippen LogP contribution in [0, 0.1) is 0 Å². The molecule has 0 spiro atoms. The molecule has 1 aliphatic rings. The molecule has 1 aliphatic carbocycles. The third-order valence-electron chi connectivity index (χ3n) is 30.7. The first-order chi connectivity index (χ1) is 72.0. The van der Waals surface area contributed by atoms with Crippen LogP contribution in [0.25, 0.3) is 264 Å². The fourth-order valence-electron chi connectivity index (χ4n) is 24.4. The lowest BCUT2D eigenvalue weighted by Crippen LogP contribution is -1.98. The zero-order valence-corrected chi connectivity index (χ0v) is 79.0. The molecule has 32 rings (SSSR count). The number of hydrogen-bond acceptors (Lipinski definition) is 0. The van der Waals surface area contributed by atoms with E-state index in [1.54, 1.807) is 0 Å². The Morgan fingerprint density at radius 2 is 0.345 bits per heavy atom. The number of allylic oxidation sites excluding steroid dienone is 4. The summed E-state index contributed by atoms with van der Waals surface area (Å²) in [5, 5.41) is 25.2. The van der Waals surface area contributed by atoms with Crippen LogP contribution in [0.5, 0.6) is 0 Å². The molecule has 9 heterocycles. The molecule has 0 N–H and O–H groups in total. The van der Waals surface area contributed by atoms with Gasteiger partial charge in [0.1, 0.15) is 0 Å². The Labute approximate surface area is 833 Å². The Balaban J connectivity index is 0.000000101. The molecule has 0 atom stereocenters. The van der Waals surface area contributed by atoms with Crippen LogP contribution in [0.4, 0.5) is 0 Å². The van der Waals surface area contributed by atoms with Crippen LogP contribution >= 0.6 is 0 Å². The first-order valence-electron chi connectivity index (χ1n) is 50.2. The van der Waals surface area contributed by atoms with Crippen molar-refractivity contribution < 1.29 is 0 Å². The van der Waals surface area contributed by atoms with Crippen molar-refractivity contribution in [2.45, 2.75) is 12.8 Å². The maximum Gasteiger partial charge on any atom is 0.0561 e. The monoisotopic (exact) mass is 1850 g/mol. The smallest absolute Gasteiger partial charge is 0.0561 e. The molecule has 31 aromatic rings. The highest BCUT2D eigenvalue weighted by Gasteiger charge is 2.26. The molecule has 9 aromatic heterocycles. The van der Waals surface area contributed by atoms with Gasteiger partial charge in [-0.25, -0.2) is 0 Å². The van der Waals surface area contributed by atoms with Crippen LogP contribution in [0.15, 0.2) is 516 Å². The summed E-state index contributed by atoms with van der Waals surface area (Å²) >= 11 is 0. The van der Waals surface area contributed by atoms with E-state index in [2.05, 4.69) is 557 Å². The topological polar surface area (TPSA) is 44.4 Å². The van der Waals surface area contributed by atoms with Gasteiger partial charge in [0.2, 0.25) is 0 Å². The van der Waals surface area contributed by atoms with Gasteiger partial charge in [0.05, 0.1) is 99.3 Å². The molecule has 145 heavy (non-hydrogen) atoms. The SMILES string of the molecule is C1=CC(c2cccc(-n3c4ccccc4c4ccc(-n5c6ccccc6c6cc(-n7c8ccccc8c8ccccc87)ccc65)cc43)c2)=CCC1.c1ccc(-n2c3ccccc3c3ccc(-n4c5ccccc5c5cc(-n6c7ccccc7c7ccccc76)ccc54)cc32)cc1.c1ccc2cc(-n3c4ccccc4c4cc(-n5c6ccccc6c6cc(-n7c8ccccc8c8ccccc87)ccc65)ccc43)ccc2c1. The molecule has 678 valence electrons. The molecule has 0 bridgehead atoms. The zero-order valence-electron chi connectivity index (χ0n) is 79.0. The summed E-state index contributed by atoms with van der Waals surface area (Å²) in [5.74, 6) is 0. The van der Waals surface area contributed by atoms with Crippen LogP contribution in [-0.2, 0) is 0 Å². The quantitative estimate of drug-likeness (QED) is 0.131. The van der Waals surface area contributed by atoms with E-state index in [1.165, 1.54) is 252 Å². The van der Waals surface area contributed by atoms with E-state index in [1.807, 2.05) is 0 Å². The number of rotatable bonds is 10. The van der Waals surface area contributed by atoms with Gasteiger partial charge < -0.3 is 41.1 Å². The average Bonchev–Trinajstić information content (AvgIpc) is 1.55. The highest BCUT2D eigenvalue weighted by Crippen LogP contribution is 2.47. The van der Waals surface area contributed by atoms with E-state index in [0.29, 0.717) is 0 Å². The Kier molecular flexibility index (Phi) is 18.4.